The minimum atomic E-state index is 0.0785. The number of amides is 1. The van der Waals surface area contributed by atoms with Gasteiger partial charge >= 0.3 is 0 Å². The minimum Gasteiger partial charge on any atom is -0.349 e. The quantitative estimate of drug-likeness (QED) is 0.923. The van der Waals surface area contributed by atoms with E-state index >= 15 is 0 Å². The van der Waals surface area contributed by atoms with Crippen LogP contribution in [0.2, 0.25) is 0 Å². The number of fused-ring (bicyclic) bond motifs is 1. The molecule has 1 N–H and O–H groups in total. The first kappa shape index (κ1) is 12.4. The zero-order valence-electron chi connectivity index (χ0n) is 11.7. The second-order valence-electron chi connectivity index (χ2n) is 6.34. The van der Waals surface area contributed by atoms with Gasteiger partial charge in [-0.2, -0.15) is 0 Å². The van der Waals surface area contributed by atoms with Gasteiger partial charge in [-0.05, 0) is 50.9 Å². The van der Waals surface area contributed by atoms with Gasteiger partial charge in [0.2, 0.25) is 0 Å². The van der Waals surface area contributed by atoms with Crippen molar-refractivity contribution in [3.8, 4) is 0 Å². The lowest BCUT2D eigenvalue weighted by molar-refractivity contribution is 0.0922. The fourth-order valence-corrected chi connectivity index (χ4v) is 4.40. The van der Waals surface area contributed by atoms with Crippen LogP contribution < -0.4 is 5.32 Å². The van der Waals surface area contributed by atoms with Crippen molar-refractivity contribution >= 4 is 22.2 Å². The second kappa shape index (κ2) is 4.32. The zero-order chi connectivity index (χ0) is 13.7. The highest BCUT2D eigenvalue weighted by molar-refractivity contribution is 7.19. The number of carbonyl (C=O) groups excluding carboxylic acids is 1. The molecule has 4 rings (SSSR count). The molecule has 0 unspecified atom stereocenters. The molecular formula is C15H19N3OS. The van der Waals surface area contributed by atoms with Gasteiger partial charge < -0.3 is 5.32 Å². The van der Waals surface area contributed by atoms with Gasteiger partial charge in [0, 0.05) is 24.1 Å². The van der Waals surface area contributed by atoms with Crippen LogP contribution in [0.4, 0.5) is 0 Å². The number of imidazole rings is 1. The van der Waals surface area contributed by atoms with Crippen LogP contribution in [-0.2, 0) is 0 Å². The van der Waals surface area contributed by atoms with Crippen LogP contribution >= 0.6 is 11.3 Å². The number of aryl methyl sites for hydroxylation is 1. The molecule has 0 aliphatic heterocycles. The summed E-state index contributed by atoms with van der Waals surface area (Å²) >= 11 is 1.48. The highest BCUT2D eigenvalue weighted by Gasteiger charge is 2.44. The number of carbonyl (C=O) groups is 1. The van der Waals surface area contributed by atoms with E-state index in [1.165, 1.54) is 37.0 Å². The van der Waals surface area contributed by atoms with Crippen molar-refractivity contribution in [3.05, 3.63) is 23.0 Å². The first-order valence-electron chi connectivity index (χ1n) is 7.40. The summed E-state index contributed by atoms with van der Waals surface area (Å²) < 4.78 is 1.99. The third-order valence-corrected chi connectivity index (χ3v) is 6.20. The average molecular weight is 289 g/mol. The molecule has 2 aliphatic carbocycles. The molecular weight excluding hydrogens is 270 g/mol. The number of hydrogen-bond acceptors (Lipinski definition) is 3. The molecule has 0 radical (unpaired) electrons. The lowest BCUT2D eigenvalue weighted by Crippen LogP contribution is -2.37. The molecule has 0 bridgehead atoms. The molecule has 2 fully saturated rings. The summed E-state index contributed by atoms with van der Waals surface area (Å²) in [6.45, 7) is 1.99. The smallest absolute Gasteiger partial charge is 0.263 e. The molecule has 2 aromatic heterocycles. The van der Waals surface area contributed by atoms with E-state index in [1.54, 1.807) is 6.20 Å². The van der Waals surface area contributed by atoms with Gasteiger partial charge in [-0.3, -0.25) is 9.20 Å². The maximum Gasteiger partial charge on any atom is 0.263 e. The summed E-state index contributed by atoms with van der Waals surface area (Å²) in [6.07, 6.45) is 11.4. The number of rotatable bonds is 2. The van der Waals surface area contributed by atoms with Crippen molar-refractivity contribution in [2.24, 2.45) is 5.41 Å². The van der Waals surface area contributed by atoms with Gasteiger partial charge in [0.1, 0.15) is 4.88 Å². The van der Waals surface area contributed by atoms with Gasteiger partial charge in [-0.25, -0.2) is 4.98 Å². The van der Waals surface area contributed by atoms with E-state index in [4.69, 9.17) is 0 Å². The summed E-state index contributed by atoms with van der Waals surface area (Å²) in [5, 5.41) is 3.22. The first-order valence-corrected chi connectivity index (χ1v) is 8.22. The molecule has 2 aromatic rings. The third kappa shape index (κ3) is 1.95. The minimum absolute atomic E-state index is 0.0785. The molecule has 20 heavy (non-hydrogen) atoms. The fraction of sp³-hybridized carbons (Fsp3) is 0.600. The highest BCUT2D eigenvalue weighted by Crippen LogP contribution is 2.56. The fourth-order valence-electron chi connectivity index (χ4n) is 3.41. The summed E-state index contributed by atoms with van der Waals surface area (Å²) in [7, 11) is 0. The maximum atomic E-state index is 12.4. The molecule has 0 saturated heterocycles. The van der Waals surface area contributed by atoms with Gasteiger partial charge in [-0.15, -0.1) is 0 Å². The standard InChI is InChI=1S/C15H19N3OS/c1-10-12(20-14-16-8-9-18(10)14)13(19)17-11-2-4-15(5-3-11)6-7-15/h8-9,11H,2-7H2,1H3,(H,17,19). The Morgan fingerprint density at radius 1 is 1.40 bits per heavy atom. The van der Waals surface area contributed by atoms with E-state index < -0.39 is 0 Å². The molecule has 2 aliphatic rings. The van der Waals surface area contributed by atoms with E-state index in [2.05, 4.69) is 10.3 Å². The van der Waals surface area contributed by atoms with Crippen molar-refractivity contribution < 1.29 is 4.79 Å². The van der Waals surface area contributed by atoms with Crippen LogP contribution in [0.25, 0.3) is 4.96 Å². The molecule has 2 saturated carbocycles. The van der Waals surface area contributed by atoms with Crippen molar-refractivity contribution in [1.82, 2.24) is 14.7 Å². The van der Waals surface area contributed by atoms with Crippen molar-refractivity contribution in [1.29, 1.82) is 0 Å². The largest absolute Gasteiger partial charge is 0.349 e. The van der Waals surface area contributed by atoms with Crippen molar-refractivity contribution in [2.75, 3.05) is 0 Å². The van der Waals surface area contributed by atoms with E-state index in [0.29, 0.717) is 11.5 Å². The molecule has 2 heterocycles. The Balaban J connectivity index is 1.47. The molecule has 1 amide bonds. The van der Waals surface area contributed by atoms with E-state index in [9.17, 15) is 4.79 Å². The molecule has 1 spiro atoms. The summed E-state index contributed by atoms with van der Waals surface area (Å²) in [4.78, 5) is 18.4. The van der Waals surface area contributed by atoms with Crippen LogP contribution in [0.3, 0.4) is 0 Å². The Hall–Kier alpha value is -1.36. The number of nitrogens with zero attached hydrogens (tertiary/aromatic N) is 2. The van der Waals surface area contributed by atoms with Gasteiger partial charge in [0.25, 0.3) is 5.91 Å². The monoisotopic (exact) mass is 289 g/mol. The Bertz CT molecular complexity index is 658. The zero-order valence-corrected chi connectivity index (χ0v) is 12.5. The first-order chi connectivity index (χ1) is 9.67. The van der Waals surface area contributed by atoms with Crippen LogP contribution in [0.15, 0.2) is 12.4 Å². The molecule has 106 valence electrons. The maximum absolute atomic E-state index is 12.4. The predicted octanol–water partition coefficient (Wildman–Crippen LogP) is 3.16. The van der Waals surface area contributed by atoms with Gasteiger partial charge in [0.15, 0.2) is 4.96 Å². The lowest BCUT2D eigenvalue weighted by Gasteiger charge is -2.28. The van der Waals surface area contributed by atoms with Crippen LogP contribution in [0, 0.1) is 12.3 Å². The van der Waals surface area contributed by atoms with Gasteiger partial charge in [-0.1, -0.05) is 11.3 Å². The Labute approximate surface area is 122 Å². The van der Waals surface area contributed by atoms with Crippen molar-refractivity contribution in [3.63, 3.8) is 0 Å². The number of aromatic nitrogens is 2. The molecule has 0 aromatic carbocycles. The average Bonchev–Trinajstić information content (AvgIpc) is 2.91. The normalized spacial score (nSPS) is 21.4. The predicted molar refractivity (Wildman–Crippen MR) is 79.2 cm³/mol. The van der Waals surface area contributed by atoms with E-state index in [-0.39, 0.29) is 5.91 Å². The summed E-state index contributed by atoms with van der Waals surface area (Å²) in [6, 6.07) is 0.363. The van der Waals surface area contributed by atoms with Gasteiger partial charge in [0.05, 0.1) is 0 Å². The third-order valence-electron chi connectivity index (χ3n) is 5.03. The second-order valence-corrected chi connectivity index (χ2v) is 7.32. The Morgan fingerprint density at radius 3 is 2.80 bits per heavy atom. The topological polar surface area (TPSA) is 46.4 Å². The summed E-state index contributed by atoms with van der Waals surface area (Å²) in [5.41, 5.74) is 1.68. The van der Waals surface area contributed by atoms with Crippen molar-refractivity contribution in [2.45, 2.75) is 51.5 Å². The number of thiazole rings is 1. The van der Waals surface area contributed by atoms with E-state index in [0.717, 1.165) is 28.4 Å². The molecule has 0 atom stereocenters. The summed E-state index contributed by atoms with van der Waals surface area (Å²) in [5.74, 6) is 0.0785. The molecule has 4 nitrogen and oxygen atoms in total. The van der Waals surface area contributed by atoms with Crippen LogP contribution in [-0.4, -0.2) is 21.3 Å². The lowest BCUT2D eigenvalue weighted by atomic mass is 9.83. The Morgan fingerprint density at radius 2 is 2.15 bits per heavy atom. The van der Waals surface area contributed by atoms with Crippen LogP contribution in [0.1, 0.15) is 53.9 Å². The Kier molecular flexibility index (Phi) is 2.67. The number of nitrogens with one attached hydrogen (secondary N) is 1. The molecule has 5 heteroatoms. The van der Waals surface area contributed by atoms with E-state index in [1.807, 2.05) is 17.5 Å². The van der Waals surface area contributed by atoms with Crippen LogP contribution in [0.5, 0.6) is 0 Å². The highest BCUT2D eigenvalue weighted by atomic mass is 32.1. The SMILES string of the molecule is Cc1c(C(=O)NC2CCC3(CC2)CC3)sc2nccn12. The number of hydrogen-bond donors (Lipinski definition) is 1.